The number of carbonyl (C=O) groups excluding carboxylic acids is 1. The van der Waals surface area contributed by atoms with Gasteiger partial charge in [0.2, 0.25) is 15.9 Å². The summed E-state index contributed by atoms with van der Waals surface area (Å²) in [5.41, 5.74) is 0.667. The maximum atomic E-state index is 12.8. The first-order valence-electron chi connectivity index (χ1n) is 9.13. The number of benzene rings is 2. The van der Waals surface area contributed by atoms with Gasteiger partial charge in [-0.3, -0.25) is 14.9 Å². The van der Waals surface area contributed by atoms with Gasteiger partial charge >= 0.3 is 0 Å². The third kappa shape index (κ3) is 5.48. The van der Waals surface area contributed by atoms with Gasteiger partial charge in [0, 0.05) is 30.9 Å². The molecule has 30 heavy (non-hydrogen) atoms. The zero-order valence-electron chi connectivity index (χ0n) is 15.8. The molecule has 1 fully saturated rings. The van der Waals surface area contributed by atoms with Crippen molar-refractivity contribution < 1.29 is 18.1 Å². The number of nitrogens with zero attached hydrogens (tertiary/aromatic N) is 2. The van der Waals surface area contributed by atoms with Crippen LogP contribution in [0, 0.1) is 16.0 Å². The Morgan fingerprint density at radius 2 is 1.97 bits per heavy atom. The number of hydrogen-bond donors (Lipinski definition) is 1. The van der Waals surface area contributed by atoms with E-state index >= 15 is 0 Å². The maximum absolute atomic E-state index is 12.8. The molecule has 0 saturated carbocycles. The summed E-state index contributed by atoms with van der Waals surface area (Å²) in [5, 5.41) is 14.1. The van der Waals surface area contributed by atoms with Crippen LogP contribution in [-0.2, 0) is 20.6 Å². The van der Waals surface area contributed by atoms with Crippen LogP contribution in [0.1, 0.15) is 18.4 Å². The molecule has 2 aromatic rings. The van der Waals surface area contributed by atoms with Gasteiger partial charge in [-0.1, -0.05) is 35.3 Å². The number of sulfonamides is 1. The molecule has 3 rings (SSSR count). The number of rotatable bonds is 6. The second-order valence-electron chi connectivity index (χ2n) is 7.00. The van der Waals surface area contributed by atoms with Crippen LogP contribution >= 0.6 is 23.2 Å². The number of piperidine rings is 1. The molecule has 0 unspecified atom stereocenters. The molecule has 1 aliphatic rings. The summed E-state index contributed by atoms with van der Waals surface area (Å²) in [7, 11) is -3.66. The van der Waals surface area contributed by atoms with Gasteiger partial charge in [0.15, 0.2) is 0 Å². The fourth-order valence-corrected chi connectivity index (χ4v) is 5.20. The number of non-ortho nitro benzene ring substituents is 1. The van der Waals surface area contributed by atoms with Crippen LogP contribution in [0.25, 0.3) is 0 Å². The van der Waals surface area contributed by atoms with Crippen LogP contribution < -0.4 is 5.32 Å². The Morgan fingerprint density at radius 3 is 2.67 bits per heavy atom. The molecule has 0 spiro atoms. The van der Waals surface area contributed by atoms with Crippen LogP contribution in [0.2, 0.25) is 10.0 Å². The highest BCUT2D eigenvalue weighted by molar-refractivity contribution is 7.88. The first kappa shape index (κ1) is 22.5. The summed E-state index contributed by atoms with van der Waals surface area (Å²) in [5.74, 6) is -1.17. The number of halogens is 2. The molecule has 0 aliphatic carbocycles. The van der Waals surface area contributed by atoms with Crippen LogP contribution in [0.5, 0.6) is 0 Å². The predicted octanol–water partition coefficient (Wildman–Crippen LogP) is 4.08. The minimum absolute atomic E-state index is 0.0460. The summed E-state index contributed by atoms with van der Waals surface area (Å²) >= 11 is 11.8. The largest absolute Gasteiger partial charge is 0.326 e. The van der Waals surface area contributed by atoms with Crippen molar-refractivity contribution in [1.29, 1.82) is 0 Å². The van der Waals surface area contributed by atoms with Crippen LogP contribution in [-0.4, -0.2) is 36.6 Å². The highest BCUT2D eigenvalue weighted by Gasteiger charge is 2.32. The minimum atomic E-state index is -3.66. The molecule has 0 aromatic heterocycles. The number of carbonyl (C=O) groups is 1. The van der Waals surface area contributed by atoms with E-state index < -0.39 is 20.9 Å². The Kier molecular flexibility index (Phi) is 6.97. The zero-order chi connectivity index (χ0) is 21.9. The fourth-order valence-electron chi connectivity index (χ4n) is 3.28. The Bertz CT molecular complexity index is 1080. The van der Waals surface area contributed by atoms with Gasteiger partial charge in [-0.2, -0.15) is 0 Å². The van der Waals surface area contributed by atoms with Gasteiger partial charge in [0.05, 0.1) is 26.6 Å². The summed E-state index contributed by atoms with van der Waals surface area (Å²) in [6.45, 7) is 0.370. The van der Waals surface area contributed by atoms with E-state index in [0.29, 0.717) is 35.7 Å². The lowest BCUT2D eigenvalue weighted by Crippen LogP contribution is -2.44. The van der Waals surface area contributed by atoms with Gasteiger partial charge in [-0.25, -0.2) is 12.7 Å². The van der Waals surface area contributed by atoms with E-state index in [-0.39, 0.29) is 28.9 Å². The lowest BCUT2D eigenvalue weighted by atomic mass is 9.98. The van der Waals surface area contributed by atoms with Crippen LogP contribution in [0.3, 0.4) is 0 Å². The van der Waals surface area contributed by atoms with E-state index in [1.165, 1.54) is 28.6 Å². The topological polar surface area (TPSA) is 110 Å². The van der Waals surface area contributed by atoms with Crippen molar-refractivity contribution in [3.63, 3.8) is 0 Å². The van der Waals surface area contributed by atoms with E-state index in [1.807, 2.05) is 0 Å². The molecule has 160 valence electrons. The summed E-state index contributed by atoms with van der Waals surface area (Å²) in [6.07, 6.45) is 1.06. The third-order valence-electron chi connectivity index (χ3n) is 4.81. The van der Waals surface area contributed by atoms with Gasteiger partial charge in [0.25, 0.3) is 5.69 Å². The number of nitrogens with one attached hydrogen (secondary N) is 1. The van der Waals surface area contributed by atoms with Crippen molar-refractivity contribution >= 4 is 50.5 Å². The Morgan fingerprint density at radius 1 is 1.20 bits per heavy atom. The standard InChI is InChI=1S/C19H19Cl2N3O5S/c20-17-7-6-13(9-18(17)21)12-30(28,29)23-8-2-3-14(11-23)19(25)22-15-4-1-5-16(10-15)24(26)27/h1,4-7,9-10,14H,2-3,8,11-12H2,(H,22,25)/t14-/m1/s1. The Labute approximate surface area is 184 Å². The van der Waals surface area contributed by atoms with Crippen LogP contribution in [0.4, 0.5) is 11.4 Å². The second-order valence-corrected chi connectivity index (χ2v) is 9.78. The van der Waals surface area contributed by atoms with Gasteiger partial charge in [-0.15, -0.1) is 0 Å². The molecule has 0 bridgehead atoms. The SMILES string of the molecule is O=C(Nc1cccc([N+](=O)[O-])c1)[C@@H]1CCCN(S(=O)(=O)Cc2ccc(Cl)c(Cl)c2)C1. The molecule has 1 amide bonds. The average Bonchev–Trinajstić information content (AvgIpc) is 2.71. The molecule has 1 N–H and O–H groups in total. The number of hydrogen-bond acceptors (Lipinski definition) is 5. The average molecular weight is 472 g/mol. The van der Waals surface area contributed by atoms with E-state index in [9.17, 15) is 23.3 Å². The van der Waals surface area contributed by atoms with Crippen molar-refractivity contribution in [3.8, 4) is 0 Å². The van der Waals surface area contributed by atoms with Crippen molar-refractivity contribution in [2.24, 2.45) is 5.92 Å². The van der Waals surface area contributed by atoms with Crippen molar-refractivity contribution in [1.82, 2.24) is 4.31 Å². The fraction of sp³-hybridized carbons (Fsp3) is 0.316. The van der Waals surface area contributed by atoms with Gasteiger partial charge in [-0.05, 0) is 36.6 Å². The number of anilines is 1. The van der Waals surface area contributed by atoms with E-state index in [2.05, 4.69) is 5.32 Å². The highest BCUT2D eigenvalue weighted by atomic mass is 35.5. The first-order chi connectivity index (χ1) is 14.2. The molecule has 8 nitrogen and oxygen atoms in total. The second kappa shape index (κ2) is 9.30. The van der Waals surface area contributed by atoms with Crippen LogP contribution in [0.15, 0.2) is 42.5 Å². The van der Waals surface area contributed by atoms with Gasteiger partial charge in [0.1, 0.15) is 0 Å². The van der Waals surface area contributed by atoms with E-state index in [0.717, 1.165) is 0 Å². The quantitative estimate of drug-likeness (QED) is 0.503. The highest BCUT2D eigenvalue weighted by Crippen LogP contribution is 2.27. The lowest BCUT2D eigenvalue weighted by molar-refractivity contribution is -0.384. The Hall–Kier alpha value is -2.20. The number of nitro groups is 1. The number of nitro benzene ring substituents is 1. The monoisotopic (exact) mass is 471 g/mol. The molecule has 1 aliphatic heterocycles. The minimum Gasteiger partial charge on any atom is -0.326 e. The summed E-state index contributed by atoms with van der Waals surface area (Å²) < 4.78 is 27.0. The van der Waals surface area contributed by atoms with E-state index in [1.54, 1.807) is 18.2 Å². The Balaban J connectivity index is 1.67. The molecule has 1 heterocycles. The molecule has 1 atom stereocenters. The predicted molar refractivity (Wildman–Crippen MR) is 115 cm³/mol. The summed E-state index contributed by atoms with van der Waals surface area (Å²) in [6, 6.07) is 10.3. The molecule has 1 saturated heterocycles. The first-order valence-corrected chi connectivity index (χ1v) is 11.5. The van der Waals surface area contributed by atoms with Gasteiger partial charge < -0.3 is 5.32 Å². The smallest absolute Gasteiger partial charge is 0.271 e. The van der Waals surface area contributed by atoms with Crippen molar-refractivity contribution in [2.75, 3.05) is 18.4 Å². The molecule has 11 heteroatoms. The molecule has 2 aromatic carbocycles. The maximum Gasteiger partial charge on any atom is 0.271 e. The normalized spacial score (nSPS) is 17.5. The number of amides is 1. The molecule has 0 radical (unpaired) electrons. The molecular formula is C19H19Cl2N3O5S. The van der Waals surface area contributed by atoms with E-state index in [4.69, 9.17) is 23.2 Å². The van der Waals surface area contributed by atoms with Crippen molar-refractivity contribution in [3.05, 3.63) is 68.2 Å². The van der Waals surface area contributed by atoms with Crippen molar-refractivity contribution in [2.45, 2.75) is 18.6 Å². The summed E-state index contributed by atoms with van der Waals surface area (Å²) in [4.78, 5) is 23.0. The third-order valence-corrected chi connectivity index (χ3v) is 7.36. The molecular weight excluding hydrogens is 453 g/mol. The zero-order valence-corrected chi connectivity index (χ0v) is 18.1. The lowest BCUT2D eigenvalue weighted by Gasteiger charge is -2.31.